The lowest BCUT2D eigenvalue weighted by Gasteiger charge is -2.21. The molecule has 1 N–H and O–H groups in total. The SMILES string of the molecule is CCOc1ccc(NC(=O)CN(C(C)=O)c2cc(Cl)cc(Cl)c2)cc1. The first-order valence-electron chi connectivity index (χ1n) is 7.66. The van der Waals surface area contributed by atoms with E-state index in [0.29, 0.717) is 28.0 Å². The maximum atomic E-state index is 12.3. The van der Waals surface area contributed by atoms with Gasteiger partial charge in [-0.1, -0.05) is 23.2 Å². The Morgan fingerprint density at radius 2 is 1.68 bits per heavy atom. The number of carbonyl (C=O) groups is 2. The number of nitrogens with zero attached hydrogens (tertiary/aromatic N) is 1. The summed E-state index contributed by atoms with van der Waals surface area (Å²) in [5.41, 5.74) is 1.08. The van der Waals surface area contributed by atoms with Crippen LogP contribution in [0.3, 0.4) is 0 Å². The highest BCUT2D eigenvalue weighted by Crippen LogP contribution is 2.25. The van der Waals surface area contributed by atoms with E-state index in [0.717, 1.165) is 5.75 Å². The first kappa shape index (κ1) is 19.1. The van der Waals surface area contributed by atoms with E-state index in [1.807, 2.05) is 6.92 Å². The molecule has 0 bridgehead atoms. The van der Waals surface area contributed by atoms with Crippen LogP contribution in [0.2, 0.25) is 10.0 Å². The minimum atomic E-state index is -0.338. The summed E-state index contributed by atoms with van der Waals surface area (Å²) >= 11 is 11.9. The van der Waals surface area contributed by atoms with Crippen LogP contribution in [0.1, 0.15) is 13.8 Å². The van der Waals surface area contributed by atoms with Crippen molar-refractivity contribution in [1.29, 1.82) is 0 Å². The Morgan fingerprint density at radius 1 is 1.08 bits per heavy atom. The van der Waals surface area contributed by atoms with Gasteiger partial charge in [-0.2, -0.15) is 0 Å². The summed E-state index contributed by atoms with van der Waals surface area (Å²) in [4.78, 5) is 25.5. The predicted molar refractivity (Wildman–Crippen MR) is 101 cm³/mol. The predicted octanol–water partition coefficient (Wildman–Crippen LogP) is 4.38. The van der Waals surface area contributed by atoms with E-state index < -0.39 is 0 Å². The van der Waals surface area contributed by atoms with Crippen LogP contribution in [0, 0.1) is 0 Å². The lowest BCUT2D eigenvalue weighted by atomic mass is 10.2. The third-order valence-electron chi connectivity index (χ3n) is 3.29. The van der Waals surface area contributed by atoms with Gasteiger partial charge in [-0.05, 0) is 49.4 Å². The highest BCUT2D eigenvalue weighted by Gasteiger charge is 2.17. The highest BCUT2D eigenvalue weighted by molar-refractivity contribution is 6.35. The molecule has 0 spiro atoms. The van der Waals surface area contributed by atoms with Gasteiger partial charge in [0, 0.05) is 28.3 Å². The second-order valence-corrected chi connectivity index (χ2v) is 6.11. The number of hydrogen-bond acceptors (Lipinski definition) is 3. The molecule has 132 valence electrons. The summed E-state index contributed by atoms with van der Waals surface area (Å²) in [6.45, 7) is 3.69. The molecule has 0 aliphatic carbocycles. The molecule has 0 unspecified atom stereocenters. The minimum Gasteiger partial charge on any atom is -0.494 e. The van der Waals surface area contributed by atoms with Crippen molar-refractivity contribution in [2.75, 3.05) is 23.4 Å². The van der Waals surface area contributed by atoms with Gasteiger partial charge in [-0.15, -0.1) is 0 Å². The van der Waals surface area contributed by atoms with Crippen molar-refractivity contribution in [3.05, 3.63) is 52.5 Å². The normalized spacial score (nSPS) is 10.2. The summed E-state index contributed by atoms with van der Waals surface area (Å²) in [6.07, 6.45) is 0. The van der Waals surface area contributed by atoms with Gasteiger partial charge < -0.3 is 15.0 Å². The number of rotatable bonds is 6. The monoisotopic (exact) mass is 380 g/mol. The molecule has 2 amide bonds. The Morgan fingerprint density at radius 3 is 2.20 bits per heavy atom. The molecule has 0 atom stereocenters. The van der Waals surface area contributed by atoms with Crippen molar-refractivity contribution >= 4 is 46.4 Å². The van der Waals surface area contributed by atoms with Crippen molar-refractivity contribution in [2.24, 2.45) is 0 Å². The Hall–Kier alpha value is -2.24. The third kappa shape index (κ3) is 5.66. The molecule has 2 rings (SSSR count). The fourth-order valence-corrected chi connectivity index (χ4v) is 2.74. The molecule has 0 fully saturated rings. The van der Waals surface area contributed by atoms with Gasteiger partial charge in [0.1, 0.15) is 12.3 Å². The highest BCUT2D eigenvalue weighted by atomic mass is 35.5. The van der Waals surface area contributed by atoms with Crippen molar-refractivity contribution < 1.29 is 14.3 Å². The van der Waals surface area contributed by atoms with Crippen LogP contribution in [-0.2, 0) is 9.59 Å². The van der Waals surface area contributed by atoms with E-state index in [-0.39, 0.29) is 18.4 Å². The van der Waals surface area contributed by atoms with Crippen LogP contribution < -0.4 is 15.0 Å². The van der Waals surface area contributed by atoms with Gasteiger partial charge in [-0.25, -0.2) is 0 Å². The molecule has 2 aromatic carbocycles. The van der Waals surface area contributed by atoms with Crippen LogP contribution in [0.5, 0.6) is 5.75 Å². The van der Waals surface area contributed by atoms with E-state index in [1.54, 1.807) is 42.5 Å². The van der Waals surface area contributed by atoms with E-state index in [1.165, 1.54) is 11.8 Å². The summed E-state index contributed by atoms with van der Waals surface area (Å²) < 4.78 is 5.35. The van der Waals surface area contributed by atoms with Gasteiger partial charge in [-0.3, -0.25) is 9.59 Å². The van der Waals surface area contributed by atoms with Gasteiger partial charge in [0.2, 0.25) is 11.8 Å². The number of benzene rings is 2. The molecule has 0 radical (unpaired) electrons. The first-order chi connectivity index (χ1) is 11.9. The number of amides is 2. The molecular formula is C18H18Cl2N2O3. The van der Waals surface area contributed by atoms with Crippen LogP contribution in [0.4, 0.5) is 11.4 Å². The molecule has 0 aliphatic rings. The van der Waals surface area contributed by atoms with Crippen LogP contribution >= 0.6 is 23.2 Å². The molecule has 0 aromatic heterocycles. The third-order valence-corrected chi connectivity index (χ3v) is 3.73. The molecule has 0 aliphatic heterocycles. The Labute approximate surface area is 156 Å². The molecule has 2 aromatic rings. The van der Waals surface area contributed by atoms with Crippen LogP contribution in [0.25, 0.3) is 0 Å². The average Bonchev–Trinajstić information content (AvgIpc) is 2.53. The quantitative estimate of drug-likeness (QED) is 0.808. The lowest BCUT2D eigenvalue weighted by Crippen LogP contribution is -2.36. The van der Waals surface area contributed by atoms with Gasteiger partial charge in [0.25, 0.3) is 0 Å². The van der Waals surface area contributed by atoms with Crippen molar-refractivity contribution in [2.45, 2.75) is 13.8 Å². The van der Waals surface area contributed by atoms with Gasteiger partial charge in [0.05, 0.1) is 6.61 Å². The largest absolute Gasteiger partial charge is 0.494 e. The molecule has 25 heavy (non-hydrogen) atoms. The number of ether oxygens (including phenoxy) is 1. The number of nitrogens with one attached hydrogen (secondary N) is 1. The molecule has 5 nitrogen and oxygen atoms in total. The zero-order chi connectivity index (χ0) is 18.4. The van der Waals surface area contributed by atoms with Gasteiger partial charge >= 0.3 is 0 Å². The summed E-state index contributed by atoms with van der Waals surface area (Å²) in [6, 6.07) is 11.7. The standard InChI is InChI=1S/C18H18Cl2N2O3/c1-3-25-17-6-4-15(5-7-17)21-18(24)11-22(12(2)23)16-9-13(19)8-14(20)10-16/h4-10H,3,11H2,1-2H3,(H,21,24). The lowest BCUT2D eigenvalue weighted by molar-refractivity contribution is -0.120. The Balaban J connectivity index is 2.08. The number of hydrogen-bond donors (Lipinski definition) is 1. The molecule has 7 heteroatoms. The zero-order valence-electron chi connectivity index (χ0n) is 13.9. The first-order valence-corrected chi connectivity index (χ1v) is 8.41. The fraction of sp³-hybridized carbons (Fsp3) is 0.222. The fourth-order valence-electron chi connectivity index (χ4n) is 2.22. The van der Waals surface area contributed by atoms with E-state index in [2.05, 4.69) is 5.32 Å². The van der Waals surface area contributed by atoms with E-state index in [4.69, 9.17) is 27.9 Å². The molecule has 0 saturated carbocycles. The smallest absolute Gasteiger partial charge is 0.244 e. The van der Waals surface area contributed by atoms with Crippen LogP contribution in [0.15, 0.2) is 42.5 Å². The summed E-state index contributed by atoms with van der Waals surface area (Å²) in [7, 11) is 0. The maximum absolute atomic E-state index is 12.3. The topological polar surface area (TPSA) is 58.6 Å². The van der Waals surface area contributed by atoms with E-state index >= 15 is 0 Å². The molecule has 0 saturated heterocycles. The minimum absolute atomic E-state index is 0.154. The number of carbonyl (C=O) groups excluding carboxylic acids is 2. The summed E-state index contributed by atoms with van der Waals surface area (Å²) in [5.74, 6) is 0.0927. The second-order valence-electron chi connectivity index (χ2n) is 5.24. The summed E-state index contributed by atoms with van der Waals surface area (Å²) in [5, 5.41) is 3.52. The van der Waals surface area contributed by atoms with Crippen molar-refractivity contribution in [3.8, 4) is 5.75 Å². The molecule has 0 heterocycles. The molecular weight excluding hydrogens is 363 g/mol. The number of anilines is 2. The maximum Gasteiger partial charge on any atom is 0.244 e. The van der Waals surface area contributed by atoms with Gasteiger partial charge in [0.15, 0.2) is 0 Å². The second kappa shape index (κ2) is 8.74. The van der Waals surface area contributed by atoms with Crippen molar-refractivity contribution in [3.63, 3.8) is 0 Å². The number of halogens is 2. The van der Waals surface area contributed by atoms with E-state index in [9.17, 15) is 9.59 Å². The van der Waals surface area contributed by atoms with Crippen molar-refractivity contribution in [1.82, 2.24) is 0 Å². The Bertz CT molecular complexity index is 743. The average molecular weight is 381 g/mol. The van der Waals surface area contributed by atoms with Crippen LogP contribution in [-0.4, -0.2) is 25.0 Å². The Kier molecular flexibility index (Phi) is 6.67. The zero-order valence-corrected chi connectivity index (χ0v) is 15.4.